The van der Waals surface area contributed by atoms with E-state index in [1.54, 1.807) is 18.2 Å². The van der Waals surface area contributed by atoms with E-state index < -0.39 is 10.1 Å². The number of ether oxygens (including phenoxy) is 1. The molecule has 0 heterocycles. The van der Waals surface area contributed by atoms with E-state index in [1.165, 1.54) is 0 Å². The lowest BCUT2D eigenvalue weighted by Gasteiger charge is -2.18. The highest BCUT2D eigenvalue weighted by Gasteiger charge is 2.18. The van der Waals surface area contributed by atoms with Gasteiger partial charge in [0.15, 0.2) is 0 Å². The van der Waals surface area contributed by atoms with E-state index in [1.807, 2.05) is 30.3 Å². The first-order valence-electron chi connectivity index (χ1n) is 7.82. The van der Waals surface area contributed by atoms with Crippen LogP contribution >= 0.6 is 23.2 Å². The number of benzene rings is 2. The van der Waals surface area contributed by atoms with Crippen LogP contribution in [0.15, 0.2) is 48.5 Å². The Kier molecular flexibility index (Phi) is 7.56. The van der Waals surface area contributed by atoms with Crippen LogP contribution in [0.3, 0.4) is 0 Å². The van der Waals surface area contributed by atoms with Gasteiger partial charge in [0.1, 0.15) is 5.75 Å². The molecular weight excluding hydrogens is 383 g/mol. The van der Waals surface area contributed by atoms with Gasteiger partial charge in [-0.3, -0.25) is 4.18 Å². The van der Waals surface area contributed by atoms with E-state index in [0.29, 0.717) is 23.1 Å². The van der Waals surface area contributed by atoms with Gasteiger partial charge in [-0.25, -0.2) is 0 Å². The van der Waals surface area contributed by atoms with Crippen molar-refractivity contribution in [3.8, 4) is 5.75 Å². The summed E-state index contributed by atoms with van der Waals surface area (Å²) in [6.07, 6.45) is 2.43. The van der Waals surface area contributed by atoms with E-state index in [0.717, 1.165) is 24.0 Å². The van der Waals surface area contributed by atoms with E-state index in [9.17, 15) is 8.42 Å². The highest BCUT2D eigenvalue weighted by molar-refractivity contribution is 7.85. The predicted octanol–water partition coefficient (Wildman–Crippen LogP) is 4.91. The van der Waals surface area contributed by atoms with Gasteiger partial charge in [0.25, 0.3) is 10.1 Å². The minimum Gasteiger partial charge on any atom is -0.494 e. The second-order valence-electron chi connectivity index (χ2n) is 5.66. The second kappa shape index (κ2) is 9.43. The molecule has 0 unspecified atom stereocenters. The van der Waals surface area contributed by atoms with Gasteiger partial charge in [-0.2, -0.15) is 8.42 Å². The monoisotopic (exact) mass is 402 g/mol. The smallest absolute Gasteiger partial charge is 0.264 e. The molecule has 0 saturated carbocycles. The zero-order valence-corrected chi connectivity index (χ0v) is 16.2. The molecule has 0 bridgehead atoms. The van der Waals surface area contributed by atoms with Gasteiger partial charge >= 0.3 is 0 Å². The standard InChI is InChI=1S/C18H20Cl2O4S/c1-25(21,22)24-13-14(17-10-9-15(19)12-18(17)20)6-5-11-23-16-7-3-2-4-8-16/h2-4,7-10,12,14H,5-6,11,13H2,1H3/t14-/m0/s1. The van der Waals surface area contributed by atoms with E-state index in [2.05, 4.69) is 0 Å². The van der Waals surface area contributed by atoms with Crippen LogP contribution in [0.5, 0.6) is 5.75 Å². The fourth-order valence-corrected chi connectivity index (χ4v) is 3.38. The molecule has 0 aliphatic carbocycles. The second-order valence-corrected chi connectivity index (χ2v) is 8.14. The van der Waals surface area contributed by atoms with Crippen LogP contribution in [0, 0.1) is 0 Å². The number of halogens is 2. The first-order chi connectivity index (χ1) is 11.8. The Morgan fingerprint density at radius 3 is 2.44 bits per heavy atom. The SMILES string of the molecule is CS(=O)(=O)OC[C@H](CCCOc1ccccc1)c1ccc(Cl)cc1Cl. The van der Waals surface area contributed by atoms with Gasteiger partial charge in [-0.15, -0.1) is 0 Å². The maximum absolute atomic E-state index is 11.3. The molecule has 0 fully saturated rings. The molecule has 136 valence electrons. The van der Waals surface area contributed by atoms with Crippen LogP contribution in [0.25, 0.3) is 0 Å². The van der Waals surface area contributed by atoms with Gasteiger partial charge in [-0.05, 0) is 42.7 Å². The molecule has 7 heteroatoms. The van der Waals surface area contributed by atoms with Crippen molar-refractivity contribution in [3.05, 3.63) is 64.1 Å². The van der Waals surface area contributed by atoms with Crippen molar-refractivity contribution < 1.29 is 17.3 Å². The molecule has 0 aromatic heterocycles. The fourth-order valence-electron chi connectivity index (χ4n) is 2.40. The summed E-state index contributed by atoms with van der Waals surface area (Å²) >= 11 is 12.2. The molecule has 2 aromatic rings. The first kappa shape index (κ1) is 20.0. The summed E-state index contributed by atoms with van der Waals surface area (Å²) in [7, 11) is -3.52. The third-order valence-corrected chi connectivity index (χ3v) is 4.72. The zero-order chi connectivity index (χ0) is 18.3. The Hall–Kier alpha value is -1.27. The zero-order valence-electron chi connectivity index (χ0n) is 13.8. The molecule has 0 saturated heterocycles. The summed E-state index contributed by atoms with van der Waals surface area (Å²) in [5.74, 6) is 0.634. The Labute approximate surface area is 158 Å². The maximum Gasteiger partial charge on any atom is 0.264 e. The molecule has 25 heavy (non-hydrogen) atoms. The Bertz CT molecular complexity index is 779. The molecule has 2 aromatic carbocycles. The minimum absolute atomic E-state index is 0.0333. The lowest BCUT2D eigenvalue weighted by atomic mass is 9.95. The van der Waals surface area contributed by atoms with Crippen LogP contribution in [0.1, 0.15) is 24.3 Å². The molecule has 0 spiro atoms. The van der Waals surface area contributed by atoms with Crippen LogP contribution in [-0.4, -0.2) is 27.9 Å². The molecular formula is C18H20Cl2O4S. The average Bonchev–Trinajstić information content (AvgIpc) is 2.55. The topological polar surface area (TPSA) is 52.6 Å². The summed E-state index contributed by atoms with van der Waals surface area (Å²) in [5, 5.41) is 1.03. The molecule has 0 N–H and O–H groups in total. The lowest BCUT2D eigenvalue weighted by molar-refractivity contribution is 0.264. The van der Waals surface area contributed by atoms with Gasteiger partial charge < -0.3 is 4.74 Å². The minimum atomic E-state index is -3.52. The third-order valence-electron chi connectivity index (χ3n) is 3.59. The Morgan fingerprint density at radius 2 is 1.80 bits per heavy atom. The van der Waals surface area contributed by atoms with Crippen LogP contribution < -0.4 is 4.74 Å². The highest BCUT2D eigenvalue weighted by Crippen LogP contribution is 2.31. The van der Waals surface area contributed by atoms with Crippen molar-refractivity contribution in [2.24, 2.45) is 0 Å². The van der Waals surface area contributed by atoms with Gasteiger partial charge in [0, 0.05) is 16.0 Å². The first-order valence-corrected chi connectivity index (χ1v) is 10.4. The largest absolute Gasteiger partial charge is 0.494 e. The number of hydrogen-bond donors (Lipinski definition) is 0. The summed E-state index contributed by atoms with van der Waals surface area (Å²) < 4.78 is 33.3. The lowest BCUT2D eigenvalue weighted by Crippen LogP contribution is -2.14. The summed E-state index contributed by atoms with van der Waals surface area (Å²) in [5.41, 5.74) is 0.814. The van der Waals surface area contributed by atoms with E-state index in [4.69, 9.17) is 32.1 Å². The molecule has 0 aliphatic rings. The Morgan fingerprint density at radius 1 is 1.08 bits per heavy atom. The van der Waals surface area contributed by atoms with Crippen LogP contribution in [0.4, 0.5) is 0 Å². The maximum atomic E-state index is 11.3. The van der Waals surface area contributed by atoms with Gasteiger partial charge in [-0.1, -0.05) is 47.5 Å². The molecule has 0 amide bonds. The number of para-hydroxylation sites is 1. The van der Waals surface area contributed by atoms with Crippen molar-refractivity contribution in [1.82, 2.24) is 0 Å². The van der Waals surface area contributed by atoms with Crippen molar-refractivity contribution in [2.45, 2.75) is 18.8 Å². The molecule has 4 nitrogen and oxygen atoms in total. The number of hydrogen-bond acceptors (Lipinski definition) is 4. The van der Waals surface area contributed by atoms with E-state index in [-0.39, 0.29) is 12.5 Å². The molecule has 2 rings (SSSR count). The predicted molar refractivity (Wildman–Crippen MR) is 101 cm³/mol. The number of rotatable bonds is 9. The molecule has 0 aliphatic heterocycles. The quantitative estimate of drug-likeness (QED) is 0.441. The van der Waals surface area contributed by atoms with Gasteiger partial charge in [0.2, 0.25) is 0 Å². The summed E-state index contributed by atoms with van der Waals surface area (Å²) in [4.78, 5) is 0. The third kappa shape index (κ3) is 7.24. The van der Waals surface area contributed by atoms with Crippen molar-refractivity contribution in [2.75, 3.05) is 19.5 Å². The van der Waals surface area contributed by atoms with Gasteiger partial charge in [0.05, 0.1) is 19.5 Å². The fraction of sp³-hybridized carbons (Fsp3) is 0.333. The Balaban J connectivity index is 1.98. The van der Waals surface area contributed by atoms with Crippen molar-refractivity contribution in [3.63, 3.8) is 0 Å². The molecule has 1 atom stereocenters. The normalized spacial score (nSPS) is 12.8. The van der Waals surface area contributed by atoms with Crippen molar-refractivity contribution in [1.29, 1.82) is 0 Å². The van der Waals surface area contributed by atoms with Crippen molar-refractivity contribution >= 4 is 33.3 Å². The molecule has 0 radical (unpaired) electrons. The van der Waals surface area contributed by atoms with Crippen LogP contribution in [-0.2, 0) is 14.3 Å². The summed E-state index contributed by atoms with van der Waals surface area (Å²) in [6, 6.07) is 14.7. The summed E-state index contributed by atoms with van der Waals surface area (Å²) in [6.45, 7) is 0.552. The average molecular weight is 403 g/mol. The highest BCUT2D eigenvalue weighted by atomic mass is 35.5. The van der Waals surface area contributed by atoms with E-state index >= 15 is 0 Å². The van der Waals surface area contributed by atoms with Crippen LogP contribution in [0.2, 0.25) is 10.0 Å².